The summed E-state index contributed by atoms with van der Waals surface area (Å²) in [6.07, 6.45) is 10.2. The summed E-state index contributed by atoms with van der Waals surface area (Å²) in [5.41, 5.74) is 5.53. The van der Waals surface area contributed by atoms with Gasteiger partial charge in [-0.15, -0.1) is 0 Å². The van der Waals surface area contributed by atoms with Gasteiger partial charge in [0.25, 0.3) is 31.9 Å². The Bertz CT molecular complexity index is 4680. The highest BCUT2D eigenvalue weighted by Gasteiger charge is 2.44. The number of nitrogens with one attached hydrogen (secondary N) is 4. The van der Waals surface area contributed by atoms with Gasteiger partial charge in [0.15, 0.2) is 10.1 Å². The van der Waals surface area contributed by atoms with Gasteiger partial charge < -0.3 is 30.3 Å². The van der Waals surface area contributed by atoms with Crippen LogP contribution in [0.2, 0.25) is 0 Å². The molecule has 2 amide bonds. The molecule has 5 N–H and O–H groups in total. The van der Waals surface area contributed by atoms with Crippen molar-refractivity contribution in [2.24, 2.45) is 22.7 Å². The first-order valence-electron chi connectivity index (χ1n) is 36.1. The van der Waals surface area contributed by atoms with E-state index >= 15 is 0 Å². The number of aromatic nitrogens is 8. The summed E-state index contributed by atoms with van der Waals surface area (Å²) in [6, 6.07) is 33.6. The number of sulfonamides is 2. The van der Waals surface area contributed by atoms with Crippen molar-refractivity contribution in [3.63, 3.8) is 0 Å². The molecule has 22 nitrogen and oxygen atoms in total. The molecule has 8 bridgehead atoms. The third-order valence-electron chi connectivity index (χ3n) is 19.4. The molecule has 105 heavy (non-hydrogen) atoms. The Hall–Kier alpha value is -9.07. The minimum atomic E-state index is -4.36. The molecule has 12 rings (SSSR count). The number of carbonyl (C=O) groups excluding carboxylic acids is 2. The number of aliphatic hydroxyl groups excluding tert-OH is 1. The number of hydrogen-bond donors (Lipinski definition) is 5. The second-order valence-corrected chi connectivity index (χ2v) is 36.9. The fourth-order valence-corrected chi connectivity index (χ4v) is 15.4. The second-order valence-electron chi connectivity index (χ2n) is 33.6. The lowest BCUT2D eigenvalue weighted by molar-refractivity contribution is 0.0972. The Kier molecular flexibility index (Phi) is 23.3. The van der Waals surface area contributed by atoms with E-state index in [4.69, 9.17) is 34.8 Å². The Morgan fingerprint density at radius 2 is 0.933 bits per heavy atom. The minimum Gasteiger partial charge on any atom is -0.478 e. The smallest absolute Gasteiger partial charge is 0.281 e. The number of anilines is 4. The van der Waals surface area contributed by atoms with Gasteiger partial charge in [0, 0.05) is 49.2 Å². The lowest BCUT2D eigenvalue weighted by Crippen LogP contribution is -2.41. The standard InChI is InChI=1S/C40H51N7O4S.C34H38FN7O3S.C6H14O/c1-38(2,3)20-22-51-34-13-9-11-29(43-34)30-18-16-28-36(44-30)47-25-26(24-40(47,7)8)15-17-31(32-23-27(19-21-41-32)39(4,5)6)42-33-12-10-14-35(45-33)52(49,50)46-37(28)48;1-33(2,3)22-16-17-36-27(18-22)26-14-12-21-19-34(4,5)42(20-21)31-23(13-15-25(39-31)24-8-6-9-28(35)37-24)32(43)41-46(44,45)30-11-7-10-29(38-26)40-30;1-6(2,3)4-5-7/h9-14,16,18-19,21,23,26,31H,15,17,20,22,24-25H2,1-8H3,(H,42,45)(H,46,48);6-11,13,15-18,21,26H,12,14,19-20H2,1-5H3,(H,38,40)(H,41,43);7H,4-5H2,1-3H3/t26-,31+;21-,26+;/m00./s1. The zero-order valence-electron chi connectivity index (χ0n) is 63.5. The van der Waals surface area contributed by atoms with Crippen LogP contribution < -0.4 is 34.6 Å². The van der Waals surface area contributed by atoms with Crippen LogP contribution in [0, 0.1) is 28.6 Å². The normalized spacial score (nSPS) is 19.9. The van der Waals surface area contributed by atoms with Crippen LogP contribution in [0.15, 0.2) is 144 Å². The number of rotatable bonds is 8. The molecular formula is C80H103FN14O8S2. The van der Waals surface area contributed by atoms with Crippen LogP contribution in [0.4, 0.5) is 27.7 Å². The van der Waals surface area contributed by atoms with Gasteiger partial charge in [0.2, 0.25) is 11.8 Å². The summed E-state index contributed by atoms with van der Waals surface area (Å²) in [5.74, 6) is 0.180. The van der Waals surface area contributed by atoms with Crippen molar-refractivity contribution in [3.8, 4) is 28.7 Å². The van der Waals surface area contributed by atoms with Gasteiger partial charge in [0.05, 0.1) is 64.0 Å². The Labute approximate surface area is 619 Å². The van der Waals surface area contributed by atoms with Crippen molar-refractivity contribution in [1.29, 1.82) is 0 Å². The van der Waals surface area contributed by atoms with E-state index in [1.165, 1.54) is 24.3 Å². The Balaban J connectivity index is 0.000000207. The molecule has 25 heteroatoms. The number of pyridine rings is 8. The quantitative estimate of drug-likeness (QED) is 0.0883. The number of halogens is 1. The molecule has 0 spiro atoms. The van der Waals surface area contributed by atoms with E-state index in [9.17, 15) is 30.8 Å². The molecule has 8 aromatic heterocycles. The van der Waals surface area contributed by atoms with E-state index in [-0.39, 0.29) is 66.9 Å². The molecule has 0 radical (unpaired) electrons. The van der Waals surface area contributed by atoms with E-state index in [0.29, 0.717) is 90.1 Å². The zero-order chi connectivity index (χ0) is 76.2. The van der Waals surface area contributed by atoms with E-state index in [1.807, 2.05) is 42.7 Å². The molecule has 0 aliphatic carbocycles. The minimum absolute atomic E-state index is 0.0761. The molecular weight excluding hydrogens is 1370 g/mol. The van der Waals surface area contributed by atoms with Crippen LogP contribution >= 0.6 is 0 Å². The van der Waals surface area contributed by atoms with Crippen LogP contribution in [0.3, 0.4) is 0 Å². The van der Waals surface area contributed by atoms with Crippen molar-refractivity contribution in [2.45, 2.75) is 206 Å². The van der Waals surface area contributed by atoms with Crippen molar-refractivity contribution in [1.82, 2.24) is 49.3 Å². The fourth-order valence-electron chi connectivity index (χ4n) is 13.5. The second kappa shape index (κ2) is 31.2. The summed E-state index contributed by atoms with van der Waals surface area (Å²) in [4.78, 5) is 68.7. The summed E-state index contributed by atoms with van der Waals surface area (Å²) >= 11 is 0. The molecule has 12 heterocycles. The molecule has 4 atom stereocenters. The first kappa shape index (κ1) is 78.5. The molecule has 0 aromatic carbocycles. The number of nitrogens with zero attached hydrogens (tertiary/aromatic N) is 10. The summed E-state index contributed by atoms with van der Waals surface area (Å²) in [5, 5.41) is 14.8. The van der Waals surface area contributed by atoms with Gasteiger partial charge in [0.1, 0.15) is 23.3 Å². The lowest BCUT2D eigenvalue weighted by Gasteiger charge is -2.34. The highest BCUT2D eigenvalue weighted by molar-refractivity contribution is 7.90. The fraction of sp³-hybridized carbons (Fsp3) is 0.475. The third-order valence-corrected chi connectivity index (χ3v) is 21.9. The van der Waals surface area contributed by atoms with E-state index in [2.05, 4.69) is 168 Å². The largest absolute Gasteiger partial charge is 0.478 e. The van der Waals surface area contributed by atoms with E-state index in [1.54, 1.807) is 54.6 Å². The topological polar surface area (TPSA) is 290 Å². The maximum atomic E-state index is 14.0. The van der Waals surface area contributed by atoms with Gasteiger partial charge in [-0.2, -0.15) is 21.2 Å². The molecule has 2 fully saturated rings. The Morgan fingerprint density at radius 1 is 0.514 bits per heavy atom. The van der Waals surface area contributed by atoms with Gasteiger partial charge in [-0.25, -0.2) is 39.3 Å². The highest BCUT2D eigenvalue weighted by atomic mass is 32.2. The number of carbonyl (C=O) groups is 2. The third kappa shape index (κ3) is 20.1. The number of ether oxygens (including phenoxy) is 1. The SMILES string of the molecule is CC(C)(C)CCO.CC(C)(C)CCOc1cccc(-c2ccc3c(n2)N2C[C@@H](CC[C@H](c4cc(C(C)(C)C)ccn4)Nc4cccc(n4)S(=O)(=O)NC3=O)CC2(C)C)n1.CC(C)(C)c1ccnc([C@H]2CC[C@@H]3CN(c4nc(-c5cccc(F)n5)ccc4C(=O)NS(=O)(=O)c4cccc(n4)N2)C(C)(C)C3)c1. The maximum Gasteiger partial charge on any atom is 0.281 e. The molecule has 0 unspecified atom stereocenters. The maximum absolute atomic E-state index is 14.0. The first-order chi connectivity index (χ1) is 49.1. The van der Waals surface area contributed by atoms with Gasteiger partial charge >= 0.3 is 0 Å². The number of fused-ring (bicyclic) bond motifs is 12. The van der Waals surface area contributed by atoms with Crippen LogP contribution in [-0.2, 0) is 30.9 Å². The van der Waals surface area contributed by atoms with Crippen LogP contribution in [0.25, 0.3) is 22.8 Å². The van der Waals surface area contributed by atoms with Crippen LogP contribution in [0.5, 0.6) is 5.88 Å². The van der Waals surface area contributed by atoms with Gasteiger partial charge in [-0.1, -0.05) is 107 Å². The predicted octanol–water partition coefficient (Wildman–Crippen LogP) is 15.2. The Morgan fingerprint density at radius 3 is 1.34 bits per heavy atom. The molecule has 8 aromatic rings. The van der Waals surface area contributed by atoms with Crippen molar-refractivity contribution < 1.29 is 40.7 Å². The molecule has 560 valence electrons. The van der Waals surface area contributed by atoms with E-state index in [0.717, 1.165) is 67.5 Å². The average molecular weight is 1470 g/mol. The van der Waals surface area contributed by atoms with Gasteiger partial charge in [-0.3, -0.25) is 19.6 Å². The summed E-state index contributed by atoms with van der Waals surface area (Å²) in [6.45, 7) is 36.3. The van der Waals surface area contributed by atoms with Crippen molar-refractivity contribution in [3.05, 3.63) is 173 Å². The van der Waals surface area contributed by atoms with E-state index < -0.39 is 43.3 Å². The molecule has 4 aliphatic rings. The molecule has 2 saturated heterocycles. The highest BCUT2D eigenvalue weighted by Crippen LogP contribution is 2.44. The lowest BCUT2D eigenvalue weighted by atomic mass is 9.86. The zero-order valence-corrected chi connectivity index (χ0v) is 65.1. The van der Waals surface area contributed by atoms with Crippen LogP contribution in [-0.4, -0.2) is 111 Å². The molecule has 0 saturated carbocycles. The number of aliphatic hydroxyl groups is 1. The predicted molar refractivity (Wildman–Crippen MR) is 410 cm³/mol. The molecule has 4 aliphatic heterocycles. The summed E-state index contributed by atoms with van der Waals surface area (Å²) < 4.78 is 79.0. The van der Waals surface area contributed by atoms with Gasteiger partial charge in [-0.05, 0) is 215 Å². The van der Waals surface area contributed by atoms with Crippen LogP contribution in [0.1, 0.15) is 217 Å². The van der Waals surface area contributed by atoms with Crippen molar-refractivity contribution >= 4 is 55.1 Å². The first-order valence-corrected chi connectivity index (χ1v) is 39.1. The average Bonchev–Trinajstić information content (AvgIpc) is 1.76. The number of amides is 2. The monoisotopic (exact) mass is 1470 g/mol. The number of hydrogen-bond acceptors (Lipinski definition) is 20. The van der Waals surface area contributed by atoms with Crippen molar-refractivity contribution in [2.75, 3.05) is 46.7 Å². The summed E-state index contributed by atoms with van der Waals surface area (Å²) in [7, 11) is -8.72.